The molecule has 1 aromatic rings. The first kappa shape index (κ1) is 12.6. The van der Waals surface area contributed by atoms with Gasteiger partial charge in [0.15, 0.2) is 0 Å². The van der Waals surface area contributed by atoms with E-state index in [1.807, 2.05) is 6.92 Å². The molecule has 0 bridgehead atoms. The van der Waals surface area contributed by atoms with Crippen LogP contribution in [0.25, 0.3) is 0 Å². The maximum Gasteiger partial charge on any atom is 0.255 e. The van der Waals surface area contributed by atoms with Crippen LogP contribution in [0.15, 0.2) is 0 Å². The normalized spacial score (nSPS) is 10.7. The Balaban J connectivity index is 3.07. The Morgan fingerprint density at radius 2 is 1.94 bits per heavy atom. The Kier molecular flexibility index (Phi) is 3.98. The number of nitrogens with one attached hydrogen (secondary N) is 1. The molecule has 1 rings (SSSR count). The van der Waals surface area contributed by atoms with Gasteiger partial charge in [-0.15, -0.1) is 0 Å². The van der Waals surface area contributed by atoms with Crippen molar-refractivity contribution < 1.29 is 8.78 Å². The molecule has 0 saturated carbocycles. The maximum absolute atomic E-state index is 12.3. The quantitative estimate of drug-likeness (QED) is 0.856. The van der Waals surface area contributed by atoms with E-state index in [0.29, 0.717) is 17.5 Å². The van der Waals surface area contributed by atoms with Crippen LogP contribution in [0.4, 0.5) is 20.4 Å². The average Bonchev–Trinajstić information content (AvgIpc) is 2.19. The van der Waals surface area contributed by atoms with Gasteiger partial charge < -0.3 is 10.2 Å². The lowest BCUT2D eigenvalue weighted by molar-refractivity contribution is 0.156. The van der Waals surface area contributed by atoms with Crippen molar-refractivity contribution in [1.82, 2.24) is 9.97 Å². The Bertz CT molecular complexity index is 368. The first-order valence-corrected chi connectivity index (χ1v) is 4.98. The van der Waals surface area contributed by atoms with Crippen LogP contribution in [0.1, 0.15) is 11.4 Å². The summed E-state index contributed by atoms with van der Waals surface area (Å²) in [5.41, 5.74) is 0.774. The molecule has 0 atom stereocenters. The highest BCUT2D eigenvalue weighted by atomic mass is 19.3. The van der Waals surface area contributed by atoms with Crippen molar-refractivity contribution in [2.45, 2.75) is 20.3 Å². The first-order valence-electron chi connectivity index (χ1n) is 4.98. The van der Waals surface area contributed by atoms with Gasteiger partial charge in [0.1, 0.15) is 17.5 Å². The van der Waals surface area contributed by atoms with Gasteiger partial charge in [0, 0.05) is 19.7 Å². The second kappa shape index (κ2) is 5.05. The molecule has 0 aliphatic heterocycles. The minimum absolute atomic E-state index is 0.333. The second-order valence-corrected chi connectivity index (χ2v) is 3.59. The van der Waals surface area contributed by atoms with Crippen molar-refractivity contribution in [2.75, 3.05) is 30.9 Å². The molecule has 0 spiro atoms. The van der Waals surface area contributed by atoms with Gasteiger partial charge in [0.05, 0.1) is 6.54 Å². The van der Waals surface area contributed by atoms with Crippen molar-refractivity contribution >= 4 is 11.6 Å². The average molecular weight is 230 g/mol. The molecule has 0 amide bonds. The van der Waals surface area contributed by atoms with Crippen LogP contribution < -0.4 is 10.2 Å². The number of nitrogens with zero attached hydrogens (tertiary/aromatic N) is 3. The number of hydrogen-bond donors (Lipinski definition) is 1. The summed E-state index contributed by atoms with van der Waals surface area (Å²) in [5, 5.41) is 2.92. The number of aromatic nitrogens is 2. The van der Waals surface area contributed by atoms with Crippen molar-refractivity contribution in [3.63, 3.8) is 0 Å². The summed E-state index contributed by atoms with van der Waals surface area (Å²) >= 11 is 0. The van der Waals surface area contributed by atoms with E-state index in [2.05, 4.69) is 15.3 Å². The van der Waals surface area contributed by atoms with Crippen molar-refractivity contribution in [1.29, 1.82) is 0 Å². The number of alkyl halides is 2. The summed E-state index contributed by atoms with van der Waals surface area (Å²) in [4.78, 5) is 9.79. The molecule has 16 heavy (non-hydrogen) atoms. The Labute approximate surface area is 93.7 Å². The lowest BCUT2D eigenvalue weighted by atomic mass is 10.3. The van der Waals surface area contributed by atoms with Gasteiger partial charge in [0.2, 0.25) is 0 Å². The molecule has 0 saturated heterocycles. The van der Waals surface area contributed by atoms with E-state index in [1.165, 1.54) is 4.90 Å². The van der Waals surface area contributed by atoms with Crippen molar-refractivity contribution in [3.8, 4) is 0 Å². The maximum atomic E-state index is 12.3. The SMILES string of the molecule is CNc1nc(C)nc(N(C)CC(F)F)c1C. The zero-order chi connectivity index (χ0) is 12.3. The van der Waals surface area contributed by atoms with Crippen molar-refractivity contribution in [2.24, 2.45) is 0 Å². The summed E-state index contributed by atoms with van der Waals surface area (Å²) < 4.78 is 24.6. The molecule has 1 aromatic heterocycles. The molecular formula is C10H16F2N4. The topological polar surface area (TPSA) is 41.1 Å². The number of rotatable bonds is 4. The molecule has 90 valence electrons. The minimum Gasteiger partial charge on any atom is -0.373 e. The molecule has 0 aliphatic rings. The van der Waals surface area contributed by atoms with Crippen LogP contribution in [0.3, 0.4) is 0 Å². The van der Waals surface area contributed by atoms with E-state index >= 15 is 0 Å². The fourth-order valence-corrected chi connectivity index (χ4v) is 1.52. The number of anilines is 2. The van der Waals surface area contributed by atoms with Crippen LogP contribution in [0, 0.1) is 13.8 Å². The second-order valence-electron chi connectivity index (χ2n) is 3.59. The molecule has 0 fully saturated rings. The third-order valence-electron chi connectivity index (χ3n) is 2.24. The molecule has 0 aromatic carbocycles. The predicted molar refractivity (Wildman–Crippen MR) is 60.3 cm³/mol. The fourth-order valence-electron chi connectivity index (χ4n) is 1.52. The Morgan fingerprint density at radius 1 is 1.31 bits per heavy atom. The standard InChI is InChI=1S/C10H16F2N4/c1-6-9(13-3)14-7(2)15-10(6)16(4)5-8(11)12/h8H,5H2,1-4H3,(H,13,14,15). The van der Waals surface area contributed by atoms with Gasteiger partial charge in [-0.1, -0.05) is 0 Å². The third kappa shape index (κ3) is 2.77. The lowest BCUT2D eigenvalue weighted by Gasteiger charge is -2.21. The Hall–Kier alpha value is -1.46. The molecule has 1 heterocycles. The predicted octanol–water partition coefficient (Wildman–Crippen LogP) is 1.84. The molecule has 0 aliphatic carbocycles. The van der Waals surface area contributed by atoms with Crippen LogP contribution in [0.5, 0.6) is 0 Å². The number of halogens is 2. The van der Waals surface area contributed by atoms with Crippen LogP contribution >= 0.6 is 0 Å². The van der Waals surface area contributed by atoms with E-state index in [1.54, 1.807) is 21.0 Å². The van der Waals surface area contributed by atoms with E-state index in [0.717, 1.165) is 5.56 Å². The van der Waals surface area contributed by atoms with E-state index in [9.17, 15) is 8.78 Å². The minimum atomic E-state index is -2.38. The van der Waals surface area contributed by atoms with E-state index in [4.69, 9.17) is 0 Å². The Morgan fingerprint density at radius 3 is 2.44 bits per heavy atom. The van der Waals surface area contributed by atoms with Gasteiger partial charge in [-0.3, -0.25) is 0 Å². The molecule has 6 heteroatoms. The van der Waals surface area contributed by atoms with E-state index in [-0.39, 0.29) is 6.54 Å². The highest BCUT2D eigenvalue weighted by molar-refractivity contribution is 5.58. The zero-order valence-corrected chi connectivity index (χ0v) is 9.88. The van der Waals surface area contributed by atoms with Gasteiger partial charge in [-0.2, -0.15) is 0 Å². The molecule has 4 nitrogen and oxygen atoms in total. The number of aryl methyl sites for hydroxylation is 1. The smallest absolute Gasteiger partial charge is 0.255 e. The molecule has 1 N–H and O–H groups in total. The first-order chi connectivity index (χ1) is 7.45. The van der Waals surface area contributed by atoms with Crippen LogP contribution in [-0.4, -0.2) is 37.0 Å². The summed E-state index contributed by atoms with van der Waals surface area (Å²) in [6.45, 7) is 3.21. The molecule has 0 unspecified atom stereocenters. The lowest BCUT2D eigenvalue weighted by Crippen LogP contribution is -2.26. The van der Waals surface area contributed by atoms with Crippen LogP contribution in [-0.2, 0) is 0 Å². The highest BCUT2D eigenvalue weighted by Gasteiger charge is 2.15. The summed E-state index contributed by atoms with van der Waals surface area (Å²) in [6, 6.07) is 0. The summed E-state index contributed by atoms with van der Waals surface area (Å²) in [6.07, 6.45) is -2.38. The summed E-state index contributed by atoms with van der Waals surface area (Å²) in [5.74, 6) is 1.77. The largest absolute Gasteiger partial charge is 0.373 e. The van der Waals surface area contributed by atoms with Gasteiger partial charge >= 0.3 is 0 Å². The van der Waals surface area contributed by atoms with Gasteiger partial charge in [-0.25, -0.2) is 18.7 Å². The third-order valence-corrected chi connectivity index (χ3v) is 2.24. The fraction of sp³-hybridized carbons (Fsp3) is 0.600. The van der Waals surface area contributed by atoms with Crippen molar-refractivity contribution in [3.05, 3.63) is 11.4 Å². The number of hydrogen-bond acceptors (Lipinski definition) is 4. The van der Waals surface area contributed by atoms with Gasteiger partial charge in [-0.05, 0) is 13.8 Å². The zero-order valence-electron chi connectivity index (χ0n) is 9.88. The molecular weight excluding hydrogens is 214 g/mol. The van der Waals surface area contributed by atoms with Crippen LogP contribution in [0.2, 0.25) is 0 Å². The highest BCUT2D eigenvalue weighted by Crippen LogP contribution is 2.22. The monoisotopic (exact) mass is 230 g/mol. The summed E-state index contributed by atoms with van der Waals surface area (Å²) in [7, 11) is 3.34. The van der Waals surface area contributed by atoms with E-state index < -0.39 is 6.43 Å². The molecule has 0 radical (unpaired) electrons. The van der Waals surface area contributed by atoms with Gasteiger partial charge in [0.25, 0.3) is 6.43 Å².